The number of benzene rings is 1. The number of aliphatic hydroxyl groups excluding tert-OH is 1. The molecule has 0 radical (unpaired) electrons. The van der Waals surface area contributed by atoms with Crippen LogP contribution in [0.4, 0.5) is 0 Å². The zero-order chi connectivity index (χ0) is 22.8. The van der Waals surface area contributed by atoms with Crippen molar-refractivity contribution in [3.05, 3.63) is 71.1 Å². The van der Waals surface area contributed by atoms with Gasteiger partial charge in [0.1, 0.15) is 23.1 Å². The second-order valence-corrected chi connectivity index (χ2v) is 7.97. The van der Waals surface area contributed by atoms with Crippen LogP contribution in [0.3, 0.4) is 0 Å². The van der Waals surface area contributed by atoms with Gasteiger partial charge in [-0.25, -0.2) is 0 Å². The first-order chi connectivity index (χ1) is 15.4. The van der Waals surface area contributed by atoms with Gasteiger partial charge in [-0.3, -0.25) is 9.59 Å². The van der Waals surface area contributed by atoms with E-state index in [-0.39, 0.29) is 11.3 Å². The number of amides is 1. The van der Waals surface area contributed by atoms with Crippen LogP contribution >= 0.6 is 0 Å². The lowest BCUT2D eigenvalue weighted by Crippen LogP contribution is -2.34. The van der Waals surface area contributed by atoms with Crippen LogP contribution in [0, 0.1) is 6.92 Å². The summed E-state index contributed by atoms with van der Waals surface area (Å²) in [6.07, 6.45) is 0.711. The Balaban J connectivity index is 1.67. The molecule has 3 heterocycles. The van der Waals surface area contributed by atoms with Gasteiger partial charge in [-0.05, 0) is 57.2 Å². The maximum Gasteiger partial charge on any atom is 0.290 e. The van der Waals surface area contributed by atoms with Crippen LogP contribution < -0.4 is 0 Å². The summed E-state index contributed by atoms with van der Waals surface area (Å²) in [7, 11) is 0. The van der Waals surface area contributed by atoms with Gasteiger partial charge in [0.2, 0.25) is 5.78 Å². The van der Waals surface area contributed by atoms with Crippen molar-refractivity contribution >= 4 is 22.7 Å². The van der Waals surface area contributed by atoms with Gasteiger partial charge in [0.05, 0.1) is 5.57 Å². The van der Waals surface area contributed by atoms with Gasteiger partial charge >= 0.3 is 0 Å². The summed E-state index contributed by atoms with van der Waals surface area (Å²) >= 11 is 0. The Morgan fingerprint density at radius 2 is 1.88 bits per heavy atom. The lowest BCUT2D eigenvalue weighted by Gasteiger charge is -2.26. The number of rotatable bonds is 9. The highest BCUT2D eigenvalue weighted by Crippen LogP contribution is 2.40. The first-order valence-corrected chi connectivity index (χ1v) is 11.0. The molecule has 1 aliphatic heterocycles. The number of Topliss-reactive ketones (excluding diaryl/α,β-unsaturated/α-hetero) is 1. The lowest BCUT2D eigenvalue weighted by molar-refractivity contribution is -0.129. The summed E-state index contributed by atoms with van der Waals surface area (Å²) in [5.41, 5.74) is 0.563. The Morgan fingerprint density at radius 1 is 1.12 bits per heavy atom. The molecule has 0 spiro atoms. The molecule has 1 aliphatic rings. The molecule has 0 saturated heterocycles. The quantitative estimate of drug-likeness (QED) is 0.492. The van der Waals surface area contributed by atoms with Gasteiger partial charge in [-0.15, -0.1) is 0 Å². The number of hydrogen-bond donors (Lipinski definition) is 1. The maximum atomic E-state index is 13.4. The van der Waals surface area contributed by atoms with Crippen LogP contribution in [0.1, 0.15) is 48.4 Å². The summed E-state index contributed by atoms with van der Waals surface area (Å²) in [5.74, 6) is -0.434. The van der Waals surface area contributed by atoms with Gasteiger partial charge in [0.15, 0.2) is 11.5 Å². The Bertz CT molecular complexity index is 1130. The average Bonchev–Trinajstić information content (AvgIpc) is 3.48. The zero-order valence-electron chi connectivity index (χ0n) is 18.6. The van der Waals surface area contributed by atoms with Gasteiger partial charge < -0.3 is 23.7 Å². The highest BCUT2D eigenvalue weighted by atomic mass is 16.4. The Kier molecular flexibility index (Phi) is 6.19. The van der Waals surface area contributed by atoms with E-state index in [2.05, 4.69) is 18.7 Å². The van der Waals surface area contributed by atoms with E-state index in [9.17, 15) is 14.7 Å². The van der Waals surface area contributed by atoms with Crippen molar-refractivity contribution in [2.24, 2.45) is 0 Å². The first-order valence-electron chi connectivity index (χ1n) is 11.0. The van der Waals surface area contributed by atoms with Crippen molar-refractivity contribution in [1.82, 2.24) is 9.80 Å². The fourth-order valence-electron chi connectivity index (χ4n) is 4.24. The zero-order valence-corrected chi connectivity index (χ0v) is 18.6. The maximum absolute atomic E-state index is 13.4. The molecule has 1 atom stereocenters. The molecule has 0 saturated carbocycles. The number of carbonyl (C=O) groups excluding carboxylic acids is 2. The number of nitrogens with zero attached hydrogens (tertiary/aromatic N) is 2. The van der Waals surface area contributed by atoms with Crippen molar-refractivity contribution in [2.45, 2.75) is 33.2 Å². The largest absolute Gasteiger partial charge is 0.503 e. The SMILES string of the molecule is CCN(CC)CCCN1C(=O)C(O)=C(C(=O)c2cc3ccccc3o2)C1c1ccc(C)o1. The number of para-hydroxylation sites is 1. The number of carbonyl (C=O) groups is 2. The summed E-state index contributed by atoms with van der Waals surface area (Å²) < 4.78 is 11.5. The molecular formula is C25H28N2O5. The molecule has 1 amide bonds. The molecule has 2 aromatic heterocycles. The number of aryl methyl sites for hydroxylation is 1. The Morgan fingerprint density at radius 3 is 2.53 bits per heavy atom. The molecule has 0 fully saturated rings. The predicted octanol–water partition coefficient (Wildman–Crippen LogP) is 4.64. The van der Waals surface area contributed by atoms with Crippen LogP contribution in [-0.4, -0.2) is 52.8 Å². The summed E-state index contributed by atoms with van der Waals surface area (Å²) in [6, 6.07) is 11.7. The van der Waals surface area contributed by atoms with Gasteiger partial charge in [-0.1, -0.05) is 32.0 Å². The van der Waals surface area contributed by atoms with E-state index in [1.165, 1.54) is 4.90 Å². The van der Waals surface area contributed by atoms with E-state index in [1.807, 2.05) is 18.2 Å². The first kappa shape index (κ1) is 21.9. The van der Waals surface area contributed by atoms with E-state index in [4.69, 9.17) is 8.83 Å². The van der Waals surface area contributed by atoms with E-state index in [0.29, 0.717) is 30.1 Å². The Labute approximate surface area is 186 Å². The monoisotopic (exact) mass is 436 g/mol. The minimum absolute atomic E-state index is 0.00811. The van der Waals surface area contributed by atoms with Gasteiger partial charge in [-0.2, -0.15) is 0 Å². The molecule has 1 N–H and O–H groups in total. The fraction of sp³-hybridized carbons (Fsp3) is 0.360. The number of ketones is 1. The molecule has 3 aromatic rings. The topological polar surface area (TPSA) is 87.1 Å². The molecule has 32 heavy (non-hydrogen) atoms. The number of furan rings is 2. The minimum Gasteiger partial charge on any atom is -0.503 e. The van der Waals surface area contributed by atoms with Crippen LogP contribution in [0.15, 0.2) is 62.6 Å². The molecule has 7 heteroatoms. The normalized spacial score (nSPS) is 16.7. The summed E-state index contributed by atoms with van der Waals surface area (Å²) in [6.45, 7) is 9.03. The molecule has 7 nitrogen and oxygen atoms in total. The molecule has 0 aliphatic carbocycles. The number of hydrogen-bond acceptors (Lipinski definition) is 6. The van der Waals surface area contributed by atoms with Crippen molar-refractivity contribution < 1.29 is 23.5 Å². The second kappa shape index (κ2) is 9.04. The highest BCUT2D eigenvalue weighted by Gasteiger charge is 2.45. The van der Waals surface area contributed by atoms with E-state index in [1.54, 1.807) is 31.2 Å². The van der Waals surface area contributed by atoms with Crippen LogP contribution in [0.5, 0.6) is 0 Å². The summed E-state index contributed by atoms with van der Waals surface area (Å²) in [5, 5.41) is 11.5. The van der Waals surface area contributed by atoms with Crippen LogP contribution in [0.25, 0.3) is 11.0 Å². The molecule has 168 valence electrons. The molecule has 1 aromatic carbocycles. The molecule has 4 rings (SSSR count). The van der Waals surface area contributed by atoms with Gasteiger partial charge in [0, 0.05) is 11.9 Å². The van der Waals surface area contributed by atoms with Gasteiger partial charge in [0.25, 0.3) is 5.91 Å². The van der Waals surface area contributed by atoms with E-state index < -0.39 is 23.5 Å². The second-order valence-electron chi connectivity index (χ2n) is 7.97. The van der Waals surface area contributed by atoms with Crippen molar-refractivity contribution in [2.75, 3.05) is 26.2 Å². The smallest absolute Gasteiger partial charge is 0.290 e. The fourth-order valence-corrected chi connectivity index (χ4v) is 4.24. The molecule has 0 bridgehead atoms. The summed E-state index contributed by atoms with van der Waals surface area (Å²) in [4.78, 5) is 30.2. The van der Waals surface area contributed by atoms with Crippen LogP contribution in [-0.2, 0) is 4.79 Å². The standard InChI is InChI=1S/C25H28N2O5/c1-4-26(5-2)13-8-14-27-22(19-12-11-16(3)31-19)21(24(29)25(27)30)23(28)20-15-17-9-6-7-10-18(17)32-20/h6-7,9-12,15,22,29H,4-5,8,13-14H2,1-3H3. The van der Waals surface area contributed by atoms with E-state index in [0.717, 1.165) is 25.0 Å². The third-order valence-electron chi connectivity index (χ3n) is 6.00. The lowest BCUT2D eigenvalue weighted by atomic mass is 9.99. The van der Waals surface area contributed by atoms with E-state index >= 15 is 0 Å². The number of fused-ring (bicyclic) bond motifs is 1. The third-order valence-corrected chi connectivity index (χ3v) is 6.00. The Hall–Kier alpha value is -3.32. The highest BCUT2D eigenvalue weighted by molar-refractivity contribution is 6.15. The van der Waals surface area contributed by atoms with Crippen molar-refractivity contribution in [1.29, 1.82) is 0 Å². The average molecular weight is 437 g/mol. The number of aliphatic hydroxyl groups is 1. The molecular weight excluding hydrogens is 408 g/mol. The predicted molar refractivity (Wildman–Crippen MR) is 121 cm³/mol. The molecule has 1 unspecified atom stereocenters. The third kappa shape index (κ3) is 3.96. The van der Waals surface area contributed by atoms with Crippen molar-refractivity contribution in [3.8, 4) is 0 Å². The van der Waals surface area contributed by atoms with Crippen molar-refractivity contribution in [3.63, 3.8) is 0 Å². The minimum atomic E-state index is -0.798. The van der Waals surface area contributed by atoms with Crippen LogP contribution in [0.2, 0.25) is 0 Å².